The smallest absolute Gasteiger partial charge is 0.254 e. The lowest BCUT2D eigenvalue weighted by Gasteiger charge is -2.31. The van der Waals surface area contributed by atoms with Gasteiger partial charge in [-0.2, -0.15) is 4.31 Å². The Labute approximate surface area is 144 Å². The van der Waals surface area contributed by atoms with Crippen molar-refractivity contribution in [3.05, 3.63) is 29.3 Å². The van der Waals surface area contributed by atoms with Crippen molar-refractivity contribution in [1.29, 1.82) is 0 Å². The van der Waals surface area contributed by atoms with E-state index in [-0.39, 0.29) is 16.9 Å². The van der Waals surface area contributed by atoms with Crippen LogP contribution in [-0.4, -0.2) is 62.4 Å². The molecule has 1 saturated heterocycles. The summed E-state index contributed by atoms with van der Waals surface area (Å²) in [6.45, 7) is 9.70. The third kappa shape index (κ3) is 3.79. The average molecular weight is 354 g/mol. The molecule has 0 aliphatic carbocycles. The summed E-state index contributed by atoms with van der Waals surface area (Å²) in [5, 5.41) is 0. The Morgan fingerprint density at radius 3 is 2.58 bits per heavy atom. The van der Waals surface area contributed by atoms with Crippen LogP contribution in [0.15, 0.2) is 23.1 Å². The lowest BCUT2D eigenvalue weighted by molar-refractivity contribution is -0.0124. The van der Waals surface area contributed by atoms with Crippen molar-refractivity contribution in [3.63, 3.8) is 0 Å². The standard InChI is InChI=1S/C17H26N2O4S/c1-5-19(6-2)24(21,22)15-8-7-13(3)16(11-15)17(20)18-9-10-23-14(4)12-18/h7-8,11,14H,5-6,9-10,12H2,1-4H3/t14-/m1/s1. The highest BCUT2D eigenvalue weighted by atomic mass is 32.2. The van der Waals surface area contributed by atoms with E-state index in [2.05, 4.69) is 0 Å². The van der Waals surface area contributed by atoms with Gasteiger partial charge >= 0.3 is 0 Å². The van der Waals surface area contributed by atoms with E-state index in [9.17, 15) is 13.2 Å². The Morgan fingerprint density at radius 2 is 2.00 bits per heavy atom. The van der Waals surface area contributed by atoms with Gasteiger partial charge in [0.05, 0.1) is 17.6 Å². The van der Waals surface area contributed by atoms with E-state index in [1.165, 1.54) is 10.4 Å². The van der Waals surface area contributed by atoms with E-state index in [0.717, 1.165) is 5.56 Å². The Morgan fingerprint density at radius 1 is 1.33 bits per heavy atom. The second kappa shape index (κ2) is 7.63. The fourth-order valence-corrected chi connectivity index (χ4v) is 4.36. The van der Waals surface area contributed by atoms with Gasteiger partial charge in [0.25, 0.3) is 5.91 Å². The molecule has 0 N–H and O–H groups in total. The highest BCUT2D eigenvalue weighted by molar-refractivity contribution is 7.89. The van der Waals surface area contributed by atoms with Crippen LogP contribution in [0, 0.1) is 6.92 Å². The van der Waals surface area contributed by atoms with Gasteiger partial charge in [0.2, 0.25) is 10.0 Å². The molecule has 7 heteroatoms. The number of hydrogen-bond donors (Lipinski definition) is 0. The molecule has 1 aliphatic rings. The minimum Gasteiger partial charge on any atom is -0.375 e. The number of carbonyl (C=O) groups is 1. The van der Waals surface area contributed by atoms with Gasteiger partial charge in [0.15, 0.2) is 0 Å². The lowest BCUT2D eigenvalue weighted by atomic mass is 10.1. The number of morpholine rings is 1. The number of amides is 1. The predicted molar refractivity (Wildman–Crippen MR) is 92.6 cm³/mol. The van der Waals surface area contributed by atoms with E-state index in [4.69, 9.17) is 4.74 Å². The van der Waals surface area contributed by atoms with Gasteiger partial charge < -0.3 is 9.64 Å². The Balaban J connectivity index is 2.37. The summed E-state index contributed by atoms with van der Waals surface area (Å²) in [6, 6.07) is 4.78. The number of ether oxygens (including phenoxy) is 1. The molecule has 0 bridgehead atoms. The number of nitrogens with zero attached hydrogens (tertiary/aromatic N) is 2. The fraction of sp³-hybridized carbons (Fsp3) is 0.588. The molecular weight excluding hydrogens is 328 g/mol. The van der Waals surface area contributed by atoms with E-state index < -0.39 is 10.0 Å². The van der Waals surface area contributed by atoms with Crippen LogP contribution in [0.2, 0.25) is 0 Å². The Kier molecular flexibility index (Phi) is 6.01. The molecule has 6 nitrogen and oxygen atoms in total. The molecule has 0 aromatic heterocycles. The molecule has 1 aromatic carbocycles. The predicted octanol–water partition coefficient (Wildman–Crippen LogP) is 1.89. The Bertz CT molecular complexity index is 699. The molecule has 1 aliphatic heterocycles. The number of rotatable bonds is 5. The molecule has 1 aromatic rings. The van der Waals surface area contributed by atoms with Gasteiger partial charge in [-0.05, 0) is 31.5 Å². The first-order chi connectivity index (χ1) is 11.3. The van der Waals surface area contributed by atoms with Crippen molar-refractivity contribution in [2.24, 2.45) is 0 Å². The van der Waals surface area contributed by atoms with Crippen LogP contribution >= 0.6 is 0 Å². The second-order valence-electron chi connectivity index (χ2n) is 6.00. The van der Waals surface area contributed by atoms with Crippen LogP contribution in [0.5, 0.6) is 0 Å². The highest BCUT2D eigenvalue weighted by Gasteiger charge is 2.27. The van der Waals surface area contributed by atoms with Crippen molar-refractivity contribution in [2.75, 3.05) is 32.8 Å². The fourth-order valence-electron chi connectivity index (χ4n) is 2.88. The first kappa shape index (κ1) is 18.9. The SMILES string of the molecule is CCN(CC)S(=O)(=O)c1ccc(C)c(C(=O)N2CCO[C@H](C)C2)c1. The quantitative estimate of drug-likeness (QED) is 0.810. The normalized spacial score (nSPS) is 18.9. The van der Waals surface area contributed by atoms with E-state index in [1.807, 2.05) is 13.8 Å². The molecule has 1 atom stereocenters. The number of aryl methyl sites for hydroxylation is 1. The zero-order chi connectivity index (χ0) is 17.9. The monoisotopic (exact) mass is 354 g/mol. The van der Waals surface area contributed by atoms with Crippen LogP contribution < -0.4 is 0 Å². The third-order valence-electron chi connectivity index (χ3n) is 4.31. The van der Waals surface area contributed by atoms with Crippen molar-refractivity contribution in [3.8, 4) is 0 Å². The number of sulfonamides is 1. The zero-order valence-corrected chi connectivity index (χ0v) is 15.6. The van der Waals surface area contributed by atoms with Gasteiger partial charge in [-0.3, -0.25) is 4.79 Å². The third-order valence-corrected chi connectivity index (χ3v) is 6.36. The number of carbonyl (C=O) groups excluding carboxylic acids is 1. The summed E-state index contributed by atoms with van der Waals surface area (Å²) in [4.78, 5) is 14.7. The molecule has 24 heavy (non-hydrogen) atoms. The highest BCUT2D eigenvalue weighted by Crippen LogP contribution is 2.21. The first-order valence-electron chi connectivity index (χ1n) is 8.32. The molecule has 134 valence electrons. The largest absolute Gasteiger partial charge is 0.375 e. The topological polar surface area (TPSA) is 66.9 Å². The maximum Gasteiger partial charge on any atom is 0.254 e. The van der Waals surface area contributed by atoms with Crippen molar-refractivity contribution in [2.45, 2.75) is 38.7 Å². The van der Waals surface area contributed by atoms with Crippen LogP contribution in [0.25, 0.3) is 0 Å². The molecule has 1 heterocycles. The Hall–Kier alpha value is -1.44. The molecule has 2 rings (SSSR count). The average Bonchev–Trinajstić information content (AvgIpc) is 2.55. The maximum atomic E-state index is 12.8. The molecule has 1 fully saturated rings. The summed E-state index contributed by atoms with van der Waals surface area (Å²) in [6.07, 6.45) is -0.00871. The van der Waals surface area contributed by atoms with E-state index in [0.29, 0.717) is 38.3 Å². The van der Waals surface area contributed by atoms with Gasteiger partial charge in [-0.15, -0.1) is 0 Å². The van der Waals surface area contributed by atoms with Crippen molar-refractivity contribution < 1.29 is 17.9 Å². The van der Waals surface area contributed by atoms with Gasteiger partial charge in [0.1, 0.15) is 0 Å². The van der Waals surface area contributed by atoms with E-state index in [1.54, 1.807) is 30.9 Å². The molecule has 0 unspecified atom stereocenters. The molecular formula is C17H26N2O4S. The first-order valence-corrected chi connectivity index (χ1v) is 9.76. The van der Waals surface area contributed by atoms with Gasteiger partial charge in [-0.25, -0.2) is 8.42 Å². The van der Waals surface area contributed by atoms with Crippen LogP contribution in [0.3, 0.4) is 0 Å². The summed E-state index contributed by atoms with van der Waals surface area (Å²) < 4.78 is 32.2. The summed E-state index contributed by atoms with van der Waals surface area (Å²) in [7, 11) is -3.58. The van der Waals surface area contributed by atoms with Crippen LogP contribution in [-0.2, 0) is 14.8 Å². The minimum absolute atomic E-state index is 0.00871. The summed E-state index contributed by atoms with van der Waals surface area (Å²) in [5.41, 5.74) is 1.22. The summed E-state index contributed by atoms with van der Waals surface area (Å²) in [5.74, 6) is -0.140. The van der Waals surface area contributed by atoms with Gasteiger partial charge in [0, 0.05) is 31.7 Å². The maximum absolute atomic E-state index is 12.8. The van der Waals surface area contributed by atoms with Crippen LogP contribution in [0.1, 0.15) is 36.7 Å². The van der Waals surface area contributed by atoms with Crippen molar-refractivity contribution in [1.82, 2.24) is 9.21 Å². The summed E-state index contributed by atoms with van der Waals surface area (Å²) >= 11 is 0. The second-order valence-corrected chi connectivity index (χ2v) is 7.94. The van der Waals surface area contributed by atoms with Crippen LogP contribution in [0.4, 0.5) is 0 Å². The number of hydrogen-bond acceptors (Lipinski definition) is 4. The van der Waals surface area contributed by atoms with Crippen molar-refractivity contribution >= 4 is 15.9 Å². The number of benzene rings is 1. The molecule has 1 amide bonds. The molecule has 0 saturated carbocycles. The van der Waals surface area contributed by atoms with E-state index >= 15 is 0 Å². The molecule has 0 radical (unpaired) electrons. The zero-order valence-electron chi connectivity index (χ0n) is 14.8. The lowest BCUT2D eigenvalue weighted by Crippen LogP contribution is -2.44. The molecule has 0 spiro atoms. The minimum atomic E-state index is -3.58. The van der Waals surface area contributed by atoms with Gasteiger partial charge in [-0.1, -0.05) is 19.9 Å².